The van der Waals surface area contributed by atoms with Crippen LogP contribution in [0, 0.1) is 0 Å². The summed E-state index contributed by atoms with van der Waals surface area (Å²) < 4.78 is 0. The Morgan fingerprint density at radius 2 is 2.00 bits per heavy atom. The quantitative estimate of drug-likeness (QED) is 0.448. The lowest BCUT2D eigenvalue weighted by atomic mass is 10.2. The Morgan fingerprint density at radius 3 is 2.43 bits per heavy atom. The number of carbonyl (C=O) groups is 1. The van der Waals surface area contributed by atoms with Gasteiger partial charge in [0.25, 0.3) is 0 Å². The van der Waals surface area contributed by atoms with E-state index >= 15 is 0 Å². The fraction of sp³-hybridized carbons (Fsp3) is 0.111. The normalized spacial score (nSPS) is 11.1. The van der Waals surface area contributed by atoms with E-state index in [-0.39, 0.29) is 11.1 Å². The van der Waals surface area contributed by atoms with Crippen LogP contribution in [-0.4, -0.2) is 16.3 Å². The molecule has 0 heterocycles. The van der Waals surface area contributed by atoms with Gasteiger partial charge in [0.2, 0.25) is 5.91 Å². The Balaban J connectivity index is 2.83. The molecule has 0 bridgehead atoms. The summed E-state index contributed by atoms with van der Waals surface area (Å²) in [4.78, 5) is 10.7. The van der Waals surface area contributed by atoms with E-state index in [1.165, 1.54) is 6.92 Å². The smallest absolute Gasteiger partial charge is 0.221 e. The monoisotopic (exact) mass is 212 g/mol. The molecule has 5 heteroatoms. The Kier molecular flexibility index (Phi) is 3.48. The van der Waals surface area contributed by atoms with Crippen molar-refractivity contribution in [3.05, 3.63) is 29.8 Å². The third-order valence-electron chi connectivity index (χ3n) is 1.53. The molecule has 14 heavy (non-hydrogen) atoms. The summed E-state index contributed by atoms with van der Waals surface area (Å²) >= 11 is 5.56. The van der Waals surface area contributed by atoms with E-state index in [0.29, 0.717) is 11.3 Å². The molecule has 1 aromatic rings. The van der Waals surface area contributed by atoms with Crippen molar-refractivity contribution in [1.82, 2.24) is 0 Å². The molecule has 0 saturated carbocycles. The third kappa shape index (κ3) is 2.74. The van der Waals surface area contributed by atoms with E-state index in [2.05, 4.69) is 10.5 Å². The van der Waals surface area contributed by atoms with Crippen LogP contribution in [0.25, 0.3) is 0 Å². The van der Waals surface area contributed by atoms with Crippen molar-refractivity contribution in [1.29, 1.82) is 0 Å². The molecule has 0 radical (unpaired) electrons. The highest BCUT2D eigenvalue weighted by molar-refractivity contribution is 6.69. The molecule has 0 spiro atoms. The predicted molar refractivity (Wildman–Crippen MR) is 54.9 cm³/mol. The number of halogens is 1. The number of hydrogen-bond acceptors (Lipinski definition) is 3. The van der Waals surface area contributed by atoms with Gasteiger partial charge < -0.3 is 10.5 Å². The Morgan fingerprint density at radius 1 is 1.43 bits per heavy atom. The summed E-state index contributed by atoms with van der Waals surface area (Å²) in [5.41, 5.74) is 1.26. The fourth-order valence-electron chi connectivity index (χ4n) is 0.952. The first kappa shape index (κ1) is 10.5. The Labute approximate surface area is 86.2 Å². The molecule has 0 aliphatic carbocycles. The van der Waals surface area contributed by atoms with Crippen LogP contribution < -0.4 is 5.32 Å². The van der Waals surface area contributed by atoms with E-state index in [1.54, 1.807) is 24.3 Å². The molecule has 4 nitrogen and oxygen atoms in total. The van der Waals surface area contributed by atoms with Crippen molar-refractivity contribution in [2.24, 2.45) is 5.16 Å². The van der Waals surface area contributed by atoms with Gasteiger partial charge >= 0.3 is 0 Å². The average molecular weight is 213 g/mol. The van der Waals surface area contributed by atoms with Gasteiger partial charge in [0.15, 0.2) is 5.17 Å². The minimum Gasteiger partial charge on any atom is -0.410 e. The molecule has 0 unspecified atom stereocenters. The summed E-state index contributed by atoms with van der Waals surface area (Å²) in [6, 6.07) is 6.63. The van der Waals surface area contributed by atoms with Gasteiger partial charge in [0, 0.05) is 18.2 Å². The summed E-state index contributed by atoms with van der Waals surface area (Å²) in [6.45, 7) is 1.43. The molecule has 0 fully saturated rings. The predicted octanol–water partition coefficient (Wildman–Crippen LogP) is 2.02. The first-order valence-corrected chi connectivity index (χ1v) is 4.27. The van der Waals surface area contributed by atoms with Crippen LogP contribution in [0.4, 0.5) is 5.69 Å². The van der Waals surface area contributed by atoms with Crippen LogP contribution in [-0.2, 0) is 4.79 Å². The number of nitrogens with zero attached hydrogens (tertiary/aromatic N) is 1. The summed E-state index contributed by atoms with van der Waals surface area (Å²) in [5, 5.41) is 13.9. The van der Waals surface area contributed by atoms with Gasteiger partial charge in [0.1, 0.15) is 0 Å². The van der Waals surface area contributed by atoms with Crippen molar-refractivity contribution in [3.63, 3.8) is 0 Å². The zero-order chi connectivity index (χ0) is 10.6. The molecule has 1 amide bonds. The van der Waals surface area contributed by atoms with Crippen LogP contribution in [0.2, 0.25) is 0 Å². The molecule has 74 valence electrons. The van der Waals surface area contributed by atoms with E-state index in [1.807, 2.05) is 0 Å². The highest BCUT2D eigenvalue weighted by Gasteiger charge is 2.00. The number of carbonyl (C=O) groups excluding carboxylic acids is 1. The summed E-state index contributed by atoms with van der Waals surface area (Å²) in [7, 11) is 0. The maximum Gasteiger partial charge on any atom is 0.221 e. The summed E-state index contributed by atoms with van der Waals surface area (Å²) in [5.74, 6) is -0.139. The van der Waals surface area contributed by atoms with Crippen molar-refractivity contribution in [2.75, 3.05) is 5.32 Å². The molecule has 1 rings (SSSR count). The zero-order valence-corrected chi connectivity index (χ0v) is 8.25. The van der Waals surface area contributed by atoms with Gasteiger partial charge in [0.05, 0.1) is 0 Å². The molecule has 0 aromatic heterocycles. The van der Waals surface area contributed by atoms with Crippen LogP contribution in [0.1, 0.15) is 12.5 Å². The standard InChI is InChI=1S/C9H9ClN2O2/c1-6(13)11-8-4-2-7(3-5-8)9(10)12-14/h2-5,14H,1H3,(H,11,13). The number of hydrogen-bond donors (Lipinski definition) is 2. The van der Waals surface area contributed by atoms with Gasteiger partial charge in [-0.05, 0) is 24.3 Å². The number of anilines is 1. The second kappa shape index (κ2) is 4.62. The largest absolute Gasteiger partial charge is 0.410 e. The van der Waals surface area contributed by atoms with E-state index in [4.69, 9.17) is 16.8 Å². The van der Waals surface area contributed by atoms with Crippen molar-refractivity contribution >= 4 is 28.4 Å². The lowest BCUT2D eigenvalue weighted by molar-refractivity contribution is -0.114. The van der Waals surface area contributed by atoms with E-state index in [9.17, 15) is 4.79 Å². The lowest BCUT2D eigenvalue weighted by Crippen LogP contribution is -2.05. The van der Waals surface area contributed by atoms with Crippen LogP contribution in [0.3, 0.4) is 0 Å². The molecule has 0 aliphatic rings. The number of amides is 1. The van der Waals surface area contributed by atoms with Gasteiger partial charge in [-0.25, -0.2) is 0 Å². The van der Waals surface area contributed by atoms with Crippen LogP contribution in [0.5, 0.6) is 0 Å². The number of nitrogens with one attached hydrogen (secondary N) is 1. The van der Waals surface area contributed by atoms with Gasteiger partial charge in [-0.1, -0.05) is 16.8 Å². The fourth-order valence-corrected chi connectivity index (χ4v) is 1.08. The second-order valence-corrected chi connectivity index (χ2v) is 3.01. The molecule has 0 atom stereocenters. The van der Waals surface area contributed by atoms with Gasteiger partial charge in [-0.3, -0.25) is 4.79 Å². The minimum absolute atomic E-state index is 0.0133. The van der Waals surface area contributed by atoms with Crippen molar-refractivity contribution in [2.45, 2.75) is 6.92 Å². The Hall–Kier alpha value is -1.55. The maximum atomic E-state index is 10.7. The third-order valence-corrected chi connectivity index (χ3v) is 1.83. The Bertz CT molecular complexity index is 360. The van der Waals surface area contributed by atoms with Gasteiger partial charge in [-0.2, -0.15) is 0 Å². The number of oxime groups is 1. The average Bonchev–Trinajstić information content (AvgIpc) is 2.17. The second-order valence-electron chi connectivity index (χ2n) is 2.65. The molecule has 2 N–H and O–H groups in total. The molecule has 0 saturated heterocycles. The molecule has 1 aromatic carbocycles. The minimum atomic E-state index is -0.139. The molecular formula is C9H9ClN2O2. The van der Waals surface area contributed by atoms with Gasteiger partial charge in [-0.15, -0.1) is 0 Å². The molecule has 0 aliphatic heterocycles. The SMILES string of the molecule is CC(=O)Nc1ccc(C(Cl)=NO)cc1. The number of benzene rings is 1. The van der Waals surface area contributed by atoms with Crippen LogP contribution in [0.15, 0.2) is 29.4 Å². The van der Waals surface area contributed by atoms with Crippen LogP contribution >= 0.6 is 11.6 Å². The number of rotatable bonds is 2. The highest BCUT2D eigenvalue weighted by Crippen LogP contribution is 2.11. The lowest BCUT2D eigenvalue weighted by Gasteiger charge is -2.02. The van der Waals surface area contributed by atoms with E-state index in [0.717, 1.165) is 0 Å². The topological polar surface area (TPSA) is 61.7 Å². The van der Waals surface area contributed by atoms with E-state index < -0.39 is 0 Å². The maximum absolute atomic E-state index is 10.7. The molecular weight excluding hydrogens is 204 g/mol. The van der Waals surface area contributed by atoms with Crippen molar-refractivity contribution < 1.29 is 10.0 Å². The highest BCUT2D eigenvalue weighted by atomic mass is 35.5. The first-order chi connectivity index (χ1) is 6.63. The summed E-state index contributed by atoms with van der Waals surface area (Å²) in [6.07, 6.45) is 0. The first-order valence-electron chi connectivity index (χ1n) is 3.89. The zero-order valence-electron chi connectivity index (χ0n) is 7.49. The van der Waals surface area contributed by atoms with Crippen molar-refractivity contribution in [3.8, 4) is 0 Å².